The number of nitrogens with zero attached hydrogens (tertiary/aromatic N) is 2. The zero-order valence-corrected chi connectivity index (χ0v) is 14.2. The maximum atomic E-state index is 12.7. The molecule has 1 aromatic heterocycles. The van der Waals surface area contributed by atoms with E-state index < -0.39 is 0 Å². The number of anilines is 1. The summed E-state index contributed by atoms with van der Waals surface area (Å²) in [7, 11) is 0. The molecule has 0 atom stereocenters. The van der Waals surface area contributed by atoms with Crippen LogP contribution in [-0.2, 0) is 30.5 Å². The number of amides is 1. The van der Waals surface area contributed by atoms with Gasteiger partial charge in [0.1, 0.15) is 0 Å². The molecule has 4 rings (SSSR count). The third-order valence-electron chi connectivity index (χ3n) is 4.85. The minimum Gasteiger partial charge on any atom is -0.312 e. The van der Waals surface area contributed by atoms with Gasteiger partial charge in [0.2, 0.25) is 5.91 Å². The fourth-order valence-electron chi connectivity index (χ4n) is 3.65. The molecule has 0 fully saturated rings. The van der Waals surface area contributed by atoms with Crippen LogP contribution in [0.3, 0.4) is 0 Å². The van der Waals surface area contributed by atoms with Gasteiger partial charge >= 0.3 is 0 Å². The van der Waals surface area contributed by atoms with Gasteiger partial charge in [-0.25, -0.2) is 4.98 Å². The zero-order chi connectivity index (χ0) is 15.6. The lowest BCUT2D eigenvalue weighted by atomic mass is 10.0. The summed E-state index contributed by atoms with van der Waals surface area (Å²) in [6.07, 6.45) is 8.36. The molecular weight excluding hydrogens is 304 g/mol. The molecule has 2 aliphatic rings. The summed E-state index contributed by atoms with van der Waals surface area (Å²) in [6.45, 7) is 0.851. The van der Waals surface area contributed by atoms with Gasteiger partial charge in [-0.2, -0.15) is 0 Å². The number of hydrogen-bond donors (Lipinski definition) is 0. The molecule has 0 saturated heterocycles. The molecule has 0 radical (unpaired) electrons. The van der Waals surface area contributed by atoms with Gasteiger partial charge in [-0.3, -0.25) is 4.79 Å². The predicted molar refractivity (Wildman–Crippen MR) is 94.2 cm³/mol. The highest BCUT2D eigenvalue weighted by molar-refractivity contribution is 7.11. The monoisotopic (exact) mass is 326 g/mol. The van der Waals surface area contributed by atoms with Gasteiger partial charge in [-0.15, -0.1) is 11.3 Å². The first-order valence-electron chi connectivity index (χ1n) is 8.67. The Bertz CT molecular complexity index is 698. The van der Waals surface area contributed by atoms with Crippen molar-refractivity contribution in [1.82, 2.24) is 4.98 Å². The maximum absolute atomic E-state index is 12.7. The highest BCUT2D eigenvalue weighted by atomic mass is 32.1. The average molecular weight is 326 g/mol. The standard InChI is InChI=1S/C19H22N2OS/c22-19(21-13-5-7-14-6-1-3-9-16(14)21)12-11-18-20-15-8-2-4-10-17(15)23-18/h1,3,6,9H,2,4-5,7-8,10-13H2. The Morgan fingerprint density at radius 2 is 2.00 bits per heavy atom. The van der Waals surface area contributed by atoms with Crippen molar-refractivity contribution in [3.8, 4) is 0 Å². The molecular formula is C19H22N2OS. The van der Waals surface area contributed by atoms with E-state index in [0.29, 0.717) is 6.42 Å². The average Bonchev–Trinajstić information content (AvgIpc) is 3.02. The molecule has 1 aromatic carbocycles. The molecule has 0 spiro atoms. The van der Waals surface area contributed by atoms with Gasteiger partial charge < -0.3 is 4.90 Å². The Hall–Kier alpha value is -1.68. The lowest BCUT2D eigenvalue weighted by Crippen LogP contribution is -2.35. The molecule has 2 heterocycles. The van der Waals surface area contributed by atoms with Crippen molar-refractivity contribution < 1.29 is 4.79 Å². The number of carbonyl (C=O) groups is 1. The Labute approximate surface area is 141 Å². The van der Waals surface area contributed by atoms with Crippen molar-refractivity contribution in [2.45, 2.75) is 51.4 Å². The van der Waals surface area contributed by atoms with E-state index in [1.807, 2.05) is 22.3 Å². The van der Waals surface area contributed by atoms with Crippen molar-refractivity contribution in [1.29, 1.82) is 0 Å². The van der Waals surface area contributed by atoms with Crippen LogP contribution in [0.15, 0.2) is 24.3 Å². The number of para-hydroxylation sites is 1. The highest BCUT2D eigenvalue weighted by Gasteiger charge is 2.22. The lowest BCUT2D eigenvalue weighted by molar-refractivity contribution is -0.118. The number of thiazole rings is 1. The van der Waals surface area contributed by atoms with Crippen LogP contribution in [0, 0.1) is 0 Å². The molecule has 2 aromatic rings. The second-order valence-electron chi connectivity index (χ2n) is 6.46. The Morgan fingerprint density at radius 1 is 1.13 bits per heavy atom. The Morgan fingerprint density at radius 3 is 2.91 bits per heavy atom. The van der Waals surface area contributed by atoms with Gasteiger partial charge in [-0.1, -0.05) is 18.2 Å². The maximum Gasteiger partial charge on any atom is 0.227 e. The molecule has 1 amide bonds. The summed E-state index contributed by atoms with van der Waals surface area (Å²) < 4.78 is 0. The van der Waals surface area contributed by atoms with Crippen LogP contribution in [0.4, 0.5) is 5.69 Å². The molecule has 23 heavy (non-hydrogen) atoms. The lowest BCUT2D eigenvalue weighted by Gasteiger charge is -2.29. The van der Waals surface area contributed by atoms with Gasteiger partial charge in [0, 0.05) is 30.0 Å². The minimum atomic E-state index is 0.241. The van der Waals surface area contributed by atoms with Gasteiger partial charge in [0.15, 0.2) is 0 Å². The van der Waals surface area contributed by atoms with Gasteiger partial charge in [-0.05, 0) is 50.2 Å². The fourth-order valence-corrected chi connectivity index (χ4v) is 4.81. The van der Waals surface area contributed by atoms with E-state index in [-0.39, 0.29) is 5.91 Å². The quantitative estimate of drug-likeness (QED) is 0.856. The number of rotatable bonds is 3. The number of carbonyl (C=O) groups excluding carboxylic acids is 1. The summed E-state index contributed by atoms with van der Waals surface area (Å²) in [5, 5.41) is 1.15. The minimum absolute atomic E-state index is 0.241. The Kier molecular flexibility index (Phi) is 4.17. The normalized spacial score (nSPS) is 16.8. The van der Waals surface area contributed by atoms with Crippen LogP contribution in [0.1, 0.15) is 46.8 Å². The Balaban J connectivity index is 1.44. The number of fused-ring (bicyclic) bond motifs is 2. The molecule has 120 valence electrons. The van der Waals surface area contributed by atoms with Crippen molar-refractivity contribution in [3.63, 3.8) is 0 Å². The van der Waals surface area contributed by atoms with E-state index in [1.54, 1.807) is 0 Å². The number of hydrogen-bond acceptors (Lipinski definition) is 3. The van der Waals surface area contributed by atoms with E-state index in [0.717, 1.165) is 42.9 Å². The van der Waals surface area contributed by atoms with Crippen LogP contribution in [0.2, 0.25) is 0 Å². The first-order chi connectivity index (χ1) is 11.3. The smallest absolute Gasteiger partial charge is 0.227 e. The molecule has 1 aliphatic heterocycles. The summed E-state index contributed by atoms with van der Waals surface area (Å²) in [6, 6.07) is 8.31. The largest absolute Gasteiger partial charge is 0.312 e. The van der Waals surface area contributed by atoms with Crippen LogP contribution >= 0.6 is 11.3 Å². The van der Waals surface area contributed by atoms with Crippen molar-refractivity contribution in [2.75, 3.05) is 11.4 Å². The summed E-state index contributed by atoms with van der Waals surface area (Å²) in [5.41, 5.74) is 3.71. The predicted octanol–water partition coefficient (Wildman–Crippen LogP) is 3.93. The van der Waals surface area contributed by atoms with Gasteiger partial charge in [0.05, 0.1) is 10.7 Å². The second-order valence-corrected chi connectivity index (χ2v) is 7.63. The summed E-state index contributed by atoms with van der Waals surface area (Å²) in [4.78, 5) is 20.9. The third kappa shape index (κ3) is 3.05. The molecule has 0 bridgehead atoms. The second kappa shape index (κ2) is 6.44. The van der Waals surface area contributed by atoms with E-state index in [9.17, 15) is 4.79 Å². The summed E-state index contributed by atoms with van der Waals surface area (Å²) >= 11 is 1.83. The number of aryl methyl sites for hydroxylation is 4. The van der Waals surface area contributed by atoms with E-state index in [4.69, 9.17) is 4.98 Å². The first kappa shape index (κ1) is 14.9. The number of benzene rings is 1. The van der Waals surface area contributed by atoms with Gasteiger partial charge in [0.25, 0.3) is 0 Å². The summed E-state index contributed by atoms with van der Waals surface area (Å²) in [5.74, 6) is 0.241. The molecule has 4 heteroatoms. The number of aromatic nitrogens is 1. The SMILES string of the molecule is O=C(CCc1nc2c(s1)CCCC2)N1CCCc2ccccc21. The van der Waals surface area contributed by atoms with Crippen LogP contribution in [0.25, 0.3) is 0 Å². The zero-order valence-electron chi connectivity index (χ0n) is 13.4. The van der Waals surface area contributed by atoms with E-state index in [1.165, 1.54) is 35.4 Å². The molecule has 1 aliphatic carbocycles. The molecule has 0 saturated carbocycles. The molecule has 0 unspecified atom stereocenters. The van der Waals surface area contributed by atoms with Crippen LogP contribution in [0.5, 0.6) is 0 Å². The van der Waals surface area contributed by atoms with Crippen LogP contribution in [-0.4, -0.2) is 17.4 Å². The fraction of sp³-hybridized carbons (Fsp3) is 0.474. The van der Waals surface area contributed by atoms with E-state index in [2.05, 4.69) is 18.2 Å². The molecule has 0 N–H and O–H groups in total. The highest BCUT2D eigenvalue weighted by Crippen LogP contribution is 2.29. The third-order valence-corrected chi connectivity index (χ3v) is 6.07. The van der Waals surface area contributed by atoms with Crippen molar-refractivity contribution in [3.05, 3.63) is 45.4 Å². The first-order valence-corrected chi connectivity index (χ1v) is 9.48. The topological polar surface area (TPSA) is 33.2 Å². The molecule has 3 nitrogen and oxygen atoms in total. The van der Waals surface area contributed by atoms with Crippen LogP contribution < -0.4 is 4.90 Å². The van der Waals surface area contributed by atoms with E-state index >= 15 is 0 Å². The van der Waals surface area contributed by atoms with Crippen molar-refractivity contribution in [2.24, 2.45) is 0 Å². The van der Waals surface area contributed by atoms with Crippen molar-refractivity contribution >= 4 is 22.9 Å².